The molecule has 0 aromatic heterocycles. The summed E-state index contributed by atoms with van der Waals surface area (Å²) < 4.78 is 19.2. The molecule has 2 atom stereocenters. The number of hydrogen-bond acceptors (Lipinski definition) is 10. The van der Waals surface area contributed by atoms with Gasteiger partial charge in [-0.15, -0.1) is 0 Å². The zero-order valence-corrected chi connectivity index (χ0v) is 33.0. The molecule has 0 spiro atoms. The first-order valence-electron chi connectivity index (χ1n) is 13.3. The molecule has 16 heteroatoms. The SMILES string of the molecule is C=CCOC(=O)N(CC(=O)OC)[C@@H](CC(C)C)C(=[NH2+])SC.C=CCOC(=O)N(CC(=O)OC)[C@@H](CC(C)C)C(N)=S.CI.[I-]. The highest BCUT2D eigenvalue weighted by Gasteiger charge is 2.34. The van der Waals surface area contributed by atoms with Gasteiger partial charge in [0.05, 0.1) is 25.2 Å². The Kier molecular flexibility index (Phi) is 33.6. The van der Waals surface area contributed by atoms with Crippen LogP contribution in [-0.2, 0) is 28.5 Å². The van der Waals surface area contributed by atoms with Crippen LogP contribution < -0.4 is 35.1 Å². The third-order valence-corrected chi connectivity index (χ3v) is 6.22. The molecule has 0 saturated carbocycles. The minimum Gasteiger partial charge on any atom is -1.00 e. The molecule has 0 aliphatic rings. The first-order valence-corrected chi connectivity index (χ1v) is 17.0. The highest BCUT2D eigenvalue weighted by Crippen LogP contribution is 2.18. The van der Waals surface area contributed by atoms with E-state index < -0.39 is 36.2 Å². The van der Waals surface area contributed by atoms with Crippen molar-refractivity contribution in [3.05, 3.63) is 25.3 Å². The minimum atomic E-state index is -0.672. The van der Waals surface area contributed by atoms with Gasteiger partial charge in [0, 0.05) is 0 Å². The van der Waals surface area contributed by atoms with E-state index in [9.17, 15) is 19.2 Å². The standard InChI is InChI=1S/C14H24N2O4S.C13H22N2O4S.CH3I.HI/c1-6-7-20-14(18)16(9-12(17)19-4)11(8-10(2)3)13(15)21-5;1-5-6-19-13(17)15(8-11(16)18-4)10(12(14)20)7-9(2)3;1-2;/h6,10-11,15H,1,7-9H2,2-5H3;5,9-10H,1,6-8H2,2-4H3,(H2,14,20);1H3;1H/t11-;10-;;/m00../s1. The van der Waals surface area contributed by atoms with E-state index in [0.29, 0.717) is 23.8 Å². The summed E-state index contributed by atoms with van der Waals surface area (Å²) >= 11 is 8.49. The third kappa shape index (κ3) is 22.8. The number of amides is 2. The molecule has 44 heavy (non-hydrogen) atoms. The summed E-state index contributed by atoms with van der Waals surface area (Å²) in [6.07, 6.45) is 4.62. The van der Waals surface area contributed by atoms with Crippen LogP contribution in [0.25, 0.3) is 0 Å². The third-order valence-electron chi connectivity index (χ3n) is 5.21. The Balaban J connectivity index is -0.000000337. The topological polar surface area (TPSA) is 163 Å². The van der Waals surface area contributed by atoms with E-state index in [2.05, 4.69) is 45.2 Å². The molecule has 0 heterocycles. The lowest BCUT2D eigenvalue weighted by Gasteiger charge is -2.30. The van der Waals surface area contributed by atoms with Crippen LogP contribution in [0.5, 0.6) is 0 Å². The lowest BCUT2D eigenvalue weighted by atomic mass is 10.0. The Morgan fingerprint density at radius 3 is 1.48 bits per heavy atom. The number of alkyl halides is 1. The molecule has 0 unspecified atom stereocenters. The van der Waals surface area contributed by atoms with E-state index in [0.717, 1.165) is 0 Å². The number of thiocarbonyl (C=S) groups is 1. The molecule has 0 aliphatic carbocycles. The molecule has 0 aliphatic heterocycles. The van der Waals surface area contributed by atoms with Crippen LogP contribution in [0.15, 0.2) is 25.3 Å². The molecule has 0 fully saturated rings. The first kappa shape index (κ1) is 49.2. The molecule has 0 bridgehead atoms. The van der Waals surface area contributed by atoms with E-state index in [1.165, 1.54) is 47.9 Å². The zero-order chi connectivity index (χ0) is 34.1. The van der Waals surface area contributed by atoms with Crippen LogP contribution in [0.1, 0.15) is 40.5 Å². The van der Waals surface area contributed by atoms with Crippen molar-refractivity contribution in [3.63, 3.8) is 0 Å². The highest BCUT2D eigenvalue weighted by molar-refractivity contribution is 14.1. The van der Waals surface area contributed by atoms with Gasteiger partial charge >= 0.3 is 24.1 Å². The lowest BCUT2D eigenvalue weighted by molar-refractivity contribution is -0.143. The van der Waals surface area contributed by atoms with Gasteiger partial charge in [0.15, 0.2) is 0 Å². The first-order chi connectivity index (χ1) is 20.2. The van der Waals surface area contributed by atoms with Crippen molar-refractivity contribution in [1.29, 1.82) is 0 Å². The van der Waals surface area contributed by atoms with Gasteiger partial charge in [-0.25, -0.2) is 9.59 Å². The second-order valence-corrected chi connectivity index (χ2v) is 10.8. The number of nitrogens with two attached hydrogens (primary N) is 2. The maximum absolute atomic E-state index is 12.2. The predicted molar refractivity (Wildman–Crippen MR) is 184 cm³/mol. The van der Waals surface area contributed by atoms with Gasteiger partial charge < -0.3 is 48.7 Å². The summed E-state index contributed by atoms with van der Waals surface area (Å²) in [7, 11) is 2.52. The zero-order valence-electron chi connectivity index (χ0n) is 27.0. The average molecular weight is 889 g/mol. The van der Waals surface area contributed by atoms with Crippen LogP contribution >= 0.6 is 46.6 Å². The molecule has 2 amide bonds. The summed E-state index contributed by atoms with van der Waals surface area (Å²) in [5.74, 6) is -0.541. The largest absolute Gasteiger partial charge is 1.00 e. The van der Waals surface area contributed by atoms with Crippen molar-refractivity contribution < 1.29 is 67.5 Å². The molecule has 0 rings (SSSR count). The Labute approximate surface area is 303 Å². The Bertz CT molecular complexity index is 911. The number of hydrogen-bond donors (Lipinski definition) is 2. The Hall–Kier alpha value is -1.67. The van der Waals surface area contributed by atoms with Gasteiger partial charge in [-0.3, -0.25) is 24.8 Å². The van der Waals surface area contributed by atoms with E-state index in [-0.39, 0.29) is 61.2 Å². The summed E-state index contributed by atoms with van der Waals surface area (Å²) in [6, 6.07) is -0.946. The van der Waals surface area contributed by atoms with Gasteiger partial charge in [-0.2, -0.15) is 0 Å². The van der Waals surface area contributed by atoms with Gasteiger partial charge in [0.2, 0.25) is 5.04 Å². The second kappa shape index (κ2) is 30.0. The van der Waals surface area contributed by atoms with E-state index >= 15 is 0 Å². The van der Waals surface area contributed by atoms with Crippen LogP contribution in [-0.4, -0.2) is 108 Å². The highest BCUT2D eigenvalue weighted by atomic mass is 127. The molecule has 12 nitrogen and oxygen atoms in total. The summed E-state index contributed by atoms with van der Waals surface area (Å²) in [4.78, 5) is 51.8. The fourth-order valence-electron chi connectivity index (χ4n) is 3.26. The van der Waals surface area contributed by atoms with E-state index in [1.54, 1.807) is 0 Å². The van der Waals surface area contributed by atoms with Crippen LogP contribution in [0.4, 0.5) is 9.59 Å². The van der Waals surface area contributed by atoms with Gasteiger partial charge in [-0.1, -0.05) is 99.6 Å². The van der Waals surface area contributed by atoms with Crippen molar-refractivity contribution in [1.82, 2.24) is 9.80 Å². The number of carbonyl (C=O) groups excluding carboxylic acids is 4. The monoisotopic (exact) mass is 888 g/mol. The number of halogens is 2. The molecule has 0 aromatic rings. The number of carbonyl (C=O) groups is 4. The molecule has 0 aromatic carbocycles. The molecule has 0 saturated heterocycles. The normalized spacial score (nSPS) is 11.0. The fourth-order valence-corrected chi connectivity index (χ4v) is 3.98. The number of rotatable bonds is 16. The number of nitrogens with zero attached hydrogens (tertiary/aromatic N) is 2. The molecule has 0 radical (unpaired) electrons. The fraction of sp³-hybridized carbons (Fsp3) is 0.643. The quantitative estimate of drug-likeness (QED) is 0.0320. The Morgan fingerprint density at radius 1 is 0.864 bits per heavy atom. The van der Waals surface area contributed by atoms with Gasteiger partial charge in [-0.05, 0) is 35.9 Å². The van der Waals surface area contributed by atoms with Crippen LogP contribution in [0.2, 0.25) is 0 Å². The number of ether oxygens (including phenoxy) is 4. The van der Waals surface area contributed by atoms with E-state index in [4.69, 9.17) is 32.8 Å². The summed E-state index contributed by atoms with van der Waals surface area (Å²) in [5, 5.41) is 6.57. The van der Waals surface area contributed by atoms with Crippen LogP contribution in [0, 0.1) is 11.8 Å². The summed E-state index contributed by atoms with van der Waals surface area (Å²) in [6.45, 7) is 14.6. The molecule has 256 valence electrons. The average Bonchev–Trinajstić information content (AvgIpc) is 2.98. The number of esters is 2. The predicted octanol–water partition coefficient (Wildman–Crippen LogP) is 0.259. The minimum absolute atomic E-state index is 0. The van der Waals surface area contributed by atoms with Crippen molar-refractivity contribution in [2.75, 3.05) is 51.7 Å². The van der Waals surface area contributed by atoms with Crippen molar-refractivity contribution in [2.24, 2.45) is 17.6 Å². The van der Waals surface area contributed by atoms with Crippen molar-refractivity contribution in [3.8, 4) is 0 Å². The molecular formula is C28H50I2N4O8S2. The lowest BCUT2D eigenvalue weighted by Crippen LogP contribution is -3.00. The van der Waals surface area contributed by atoms with Gasteiger partial charge in [0.25, 0.3) is 0 Å². The maximum Gasteiger partial charge on any atom is 0.411 e. The van der Waals surface area contributed by atoms with Crippen LogP contribution in [0.3, 0.4) is 0 Å². The van der Waals surface area contributed by atoms with Crippen molar-refractivity contribution >= 4 is 80.7 Å². The smallest absolute Gasteiger partial charge is 0.411 e. The molecule has 4 N–H and O–H groups in total. The number of methoxy groups -OCH3 is 2. The van der Waals surface area contributed by atoms with E-state index in [1.807, 2.05) is 38.9 Å². The maximum atomic E-state index is 12.2. The number of thioether (sulfide) groups is 1. The summed E-state index contributed by atoms with van der Waals surface area (Å²) in [5.41, 5.74) is 5.68. The Morgan fingerprint density at radius 2 is 1.20 bits per heavy atom. The van der Waals surface area contributed by atoms with Gasteiger partial charge in [0.1, 0.15) is 32.3 Å². The van der Waals surface area contributed by atoms with Crippen molar-refractivity contribution in [2.45, 2.75) is 52.6 Å². The second-order valence-electron chi connectivity index (χ2n) is 9.44. The molecular weight excluding hydrogens is 838 g/mol.